The van der Waals surface area contributed by atoms with E-state index in [0.29, 0.717) is 0 Å². The molecular weight excluding hydrogens is 382 g/mol. The van der Waals surface area contributed by atoms with Gasteiger partial charge < -0.3 is 14.4 Å². The molecule has 2 atom stereocenters. The van der Waals surface area contributed by atoms with Crippen molar-refractivity contribution in [1.82, 2.24) is 4.90 Å². The molecule has 0 fully saturated rings. The number of carbonyl (C=O) groups excluding carboxylic acids is 2. The van der Waals surface area contributed by atoms with E-state index < -0.39 is 12.0 Å². The highest BCUT2D eigenvalue weighted by Crippen LogP contribution is 2.31. The molecule has 0 saturated carbocycles. The summed E-state index contributed by atoms with van der Waals surface area (Å²) in [5.41, 5.74) is 1.90. The van der Waals surface area contributed by atoms with Crippen molar-refractivity contribution >= 4 is 23.3 Å². The number of ether oxygens (including phenoxy) is 2. The molecule has 2 aromatic carbocycles. The first-order chi connectivity index (χ1) is 14.5. The number of likely N-dealkylation sites (N-methyl/N-ethyl adjacent to an activating group) is 1. The van der Waals surface area contributed by atoms with Gasteiger partial charge in [0.05, 0.1) is 25.4 Å². The largest absolute Gasteiger partial charge is 0.496 e. The molecule has 0 spiro atoms. The lowest BCUT2D eigenvalue weighted by molar-refractivity contribution is -0.135. The van der Waals surface area contributed by atoms with Crippen LogP contribution in [0.4, 0.5) is 5.69 Å². The maximum Gasteiger partial charge on any atom is 0.354 e. The molecule has 30 heavy (non-hydrogen) atoms. The third-order valence-corrected chi connectivity index (χ3v) is 5.24. The van der Waals surface area contributed by atoms with Crippen LogP contribution < -0.4 is 9.75 Å². The van der Waals surface area contributed by atoms with Gasteiger partial charge in [0.15, 0.2) is 0 Å². The fraction of sp³-hybridized carbons (Fsp3) is 0.348. The summed E-state index contributed by atoms with van der Waals surface area (Å²) >= 11 is 0. The van der Waals surface area contributed by atoms with Crippen molar-refractivity contribution in [3.8, 4) is 5.75 Å². The number of para-hydroxylation sites is 2. The van der Waals surface area contributed by atoms with Crippen LogP contribution in [-0.2, 0) is 14.3 Å². The summed E-state index contributed by atoms with van der Waals surface area (Å²) in [6, 6.07) is 16.1. The van der Waals surface area contributed by atoms with E-state index in [1.165, 1.54) is 0 Å². The molecule has 2 unspecified atom stereocenters. The van der Waals surface area contributed by atoms with Gasteiger partial charge in [-0.05, 0) is 32.0 Å². The first-order valence-corrected chi connectivity index (χ1v) is 9.96. The third kappa shape index (κ3) is 4.30. The molecule has 158 valence electrons. The molecule has 1 aliphatic rings. The minimum Gasteiger partial charge on any atom is -0.496 e. The number of methoxy groups -OCH3 is 1. The molecule has 2 aromatic rings. The van der Waals surface area contributed by atoms with Crippen LogP contribution >= 0.6 is 0 Å². The Balaban J connectivity index is 1.88. The number of nitrogens with zero attached hydrogens (tertiary/aromatic N) is 3. The molecule has 0 aromatic heterocycles. The Kier molecular flexibility index (Phi) is 6.72. The van der Waals surface area contributed by atoms with E-state index in [1.54, 1.807) is 31.0 Å². The van der Waals surface area contributed by atoms with Gasteiger partial charge in [-0.2, -0.15) is 5.10 Å². The van der Waals surface area contributed by atoms with Gasteiger partial charge in [-0.25, -0.2) is 4.79 Å². The summed E-state index contributed by atoms with van der Waals surface area (Å²) < 4.78 is 10.6. The zero-order chi connectivity index (χ0) is 21.7. The van der Waals surface area contributed by atoms with Crippen molar-refractivity contribution in [3.05, 3.63) is 60.2 Å². The average molecular weight is 409 g/mol. The molecule has 0 radical (unpaired) electrons. The van der Waals surface area contributed by atoms with E-state index in [-0.39, 0.29) is 30.7 Å². The van der Waals surface area contributed by atoms with Gasteiger partial charge in [-0.1, -0.05) is 36.4 Å². The van der Waals surface area contributed by atoms with Crippen LogP contribution in [0.15, 0.2) is 59.7 Å². The second-order valence-corrected chi connectivity index (χ2v) is 7.03. The topological polar surface area (TPSA) is 71.4 Å². The minimum atomic E-state index is -0.631. The Morgan fingerprint density at radius 2 is 1.83 bits per heavy atom. The van der Waals surface area contributed by atoms with Gasteiger partial charge in [-0.15, -0.1) is 0 Å². The van der Waals surface area contributed by atoms with Gasteiger partial charge in [0.2, 0.25) is 5.91 Å². The second kappa shape index (κ2) is 9.43. The van der Waals surface area contributed by atoms with Crippen LogP contribution in [0.3, 0.4) is 0 Å². The Morgan fingerprint density at radius 1 is 1.17 bits per heavy atom. The summed E-state index contributed by atoms with van der Waals surface area (Å²) in [5.74, 6) is 0.0916. The molecule has 3 rings (SSSR count). The van der Waals surface area contributed by atoms with E-state index >= 15 is 0 Å². The highest BCUT2D eigenvalue weighted by atomic mass is 16.5. The molecule has 1 amide bonds. The fourth-order valence-corrected chi connectivity index (χ4v) is 3.51. The van der Waals surface area contributed by atoms with Gasteiger partial charge >= 0.3 is 5.97 Å². The van der Waals surface area contributed by atoms with Crippen molar-refractivity contribution in [2.75, 3.05) is 25.8 Å². The number of esters is 1. The average Bonchev–Trinajstić information content (AvgIpc) is 3.24. The molecule has 7 nitrogen and oxygen atoms in total. The summed E-state index contributed by atoms with van der Waals surface area (Å²) in [6.45, 7) is 3.95. The summed E-state index contributed by atoms with van der Waals surface area (Å²) in [6.07, 6.45) is 0.190. The predicted octanol–water partition coefficient (Wildman–Crippen LogP) is 3.41. The zero-order valence-corrected chi connectivity index (χ0v) is 17.7. The Morgan fingerprint density at radius 3 is 2.50 bits per heavy atom. The third-order valence-electron chi connectivity index (χ3n) is 5.24. The SMILES string of the molecule is CCOC(=O)C1=NN(c2ccccc2)C(C(=O)N(C)C(C)c2ccccc2OC)C1. The number of hydrogen-bond acceptors (Lipinski definition) is 6. The predicted molar refractivity (Wildman–Crippen MR) is 116 cm³/mol. The van der Waals surface area contributed by atoms with Crippen molar-refractivity contribution < 1.29 is 19.1 Å². The van der Waals surface area contributed by atoms with Crippen molar-refractivity contribution in [2.45, 2.75) is 32.4 Å². The van der Waals surface area contributed by atoms with Crippen LogP contribution in [-0.4, -0.2) is 49.3 Å². The minimum absolute atomic E-state index is 0.139. The van der Waals surface area contributed by atoms with Crippen LogP contribution in [0, 0.1) is 0 Å². The maximum atomic E-state index is 13.5. The molecule has 1 heterocycles. The summed E-state index contributed by atoms with van der Waals surface area (Å²) in [7, 11) is 3.37. The second-order valence-electron chi connectivity index (χ2n) is 7.03. The Labute approximate surface area is 176 Å². The molecule has 0 aliphatic carbocycles. The highest BCUT2D eigenvalue weighted by molar-refractivity contribution is 6.38. The quantitative estimate of drug-likeness (QED) is 0.656. The number of rotatable bonds is 7. The number of carbonyl (C=O) groups is 2. The molecule has 0 N–H and O–H groups in total. The van der Waals surface area contributed by atoms with Crippen molar-refractivity contribution in [1.29, 1.82) is 0 Å². The highest BCUT2D eigenvalue weighted by Gasteiger charge is 2.39. The van der Waals surface area contributed by atoms with Crippen LogP contribution in [0.25, 0.3) is 0 Å². The Bertz CT molecular complexity index is 929. The van der Waals surface area contributed by atoms with Crippen molar-refractivity contribution in [3.63, 3.8) is 0 Å². The van der Waals surface area contributed by atoms with Crippen LogP contribution in [0.5, 0.6) is 5.75 Å². The van der Waals surface area contributed by atoms with E-state index in [2.05, 4.69) is 5.10 Å². The lowest BCUT2D eigenvalue weighted by atomic mass is 10.0. The molecule has 1 aliphatic heterocycles. The maximum absolute atomic E-state index is 13.5. The molecular formula is C23H27N3O4. The fourth-order valence-electron chi connectivity index (χ4n) is 3.51. The number of benzene rings is 2. The van der Waals surface area contributed by atoms with Gasteiger partial charge in [0.1, 0.15) is 17.5 Å². The summed E-state index contributed by atoms with van der Waals surface area (Å²) in [5, 5.41) is 6.04. The monoisotopic (exact) mass is 409 g/mol. The standard InChI is InChI=1S/C23H27N3O4/c1-5-30-23(28)19-15-20(26(24-19)17-11-7-6-8-12-17)22(27)25(3)16(2)18-13-9-10-14-21(18)29-4/h6-14,16,20H,5,15H2,1-4H3. The molecule has 0 bridgehead atoms. The number of anilines is 1. The van der Waals surface area contributed by atoms with Gasteiger partial charge in [-0.3, -0.25) is 9.80 Å². The number of hydrogen-bond donors (Lipinski definition) is 0. The van der Waals surface area contributed by atoms with Gasteiger partial charge in [0.25, 0.3) is 0 Å². The number of amides is 1. The molecule has 0 saturated heterocycles. The first-order valence-electron chi connectivity index (χ1n) is 9.96. The lowest BCUT2D eigenvalue weighted by Gasteiger charge is -2.31. The van der Waals surface area contributed by atoms with Crippen LogP contribution in [0.2, 0.25) is 0 Å². The van der Waals surface area contributed by atoms with Crippen molar-refractivity contribution in [2.24, 2.45) is 5.10 Å². The Hall–Kier alpha value is -3.35. The summed E-state index contributed by atoms with van der Waals surface area (Å²) in [4.78, 5) is 27.4. The van der Waals surface area contributed by atoms with E-state index in [4.69, 9.17) is 9.47 Å². The van der Waals surface area contributed by atoms with Crippen LogP contribution in [0.1, 0.15) is 31.9 Å². The normalized spacial score (nSPS) is 16.6. The zero-order valence-electron chi connectivity index (χ0n) is 17.7. The molecule has 7 heteroatoms. The van der Waals surface area contributed by atoms with Gasteiger partial charge in [0, 0.05) is 19.0 Å². The number of hydrazone groups is 1. The smallest absolute Gasteiger partial charge is 0.354 e. The van der Waals surface area contributed by atoms with E-state index in [1.807, 2.05) is 61.5 Å². The van der Waals surface area contributed by atoms with E-state index in [9.17, 15) is 9.59 Å². The lowest BCUT2D eigenvalue weighted by Crippen LogP contribution is -2.44. The first kappa shape index (κ1) is 21.4. The van der Waals surface area contributed by atoms with E-state index in [0.717, 1.165) is 17.0 Å².